The number of aromatic nitrogens is 5. The molecule has 0 aliphatic carbocycles. The molecule has 0 radical (unpaired) electrons. The van der Waals surface area contributed by atoms with Crippen LogP contribution in [0.3, 0.4) is 0 Å². The van der Waals surface area contributed by atoms with Crippen molar-refractivity contribution in [1.29, 1.82) is 0 Å². The minimum absolute atomic E-state index is 0.0234. The number of nitrogens with zero attached hydrogens (tertiary/aromatic N) is 5. The quantitative estimate of drug-likeness (QED) is 0.0924. The van der Waals surface area contributed by atoms with E-state index in [0.717, 1.165) is 29.6 Å². The molecule has 45 heavy (non-hydrogen) atoms. The normalized spacial score (nSPS) is 11.0. The number of rotatable bonds is 16. The fourth-order valence-electron chi connectivity index (χ4n) is 5.17. The zero-order chi connectivity index (χ0) is 31.9. The van der Waals surface area contributed by atoms with Crippen LogP contribution in [-0.4, -0.2) is 42.2 Å². The Balaban J connectivity index is 0.000000205. The minimum atomic E-state index is -1.07. The number of anilines is 2. The SMILES string of the molecule is CCCCCCCCCCNCc1ccc2c(N)nccc2c1.Nc1c(C(=O)O)cnn1Cc1ccc(Cn2cccn2)cc1. The van der Waals surface area contributed by atoms with Gasteiger partial charge in [0.25, 0.3) is 0 Å². The van der Waals surface area contributed by atoms with Gasteiger partial charge in [-0.1, -0.05) is 88.3 Å². The van der Waals surface area contributed by atoms with Gasteiger partial charge in [-0.3, -0.25) is 4.68 Å². The highest BCUT2D eigenvalue weighted by atomic mass is 16.4. The molecule has 0 aliphatic rings. The van der Waals surface area contributed by atoms with Gasteiger partial charge in [-0.25, -0.2) is 14.5 Å². The van der Waals surface area contributed by atoms with Crippen LogP contribution in [0, 0.1) is 0 Å². The lowest BCUT2D eigenvalue weighted by Crippen LogP contribution is -2.14. The maximum Gasteiger partial charge on any atom is 0.341 e. The number of nitrogens with one attached hydrogen (secondary N) is 1. The molecule has 238 valence electrons. The van der Waals surface area contributed by atoms with Crippen LogP contribution in [0.25, 0.3) is 10.8 Å². The number of unbranched alkanes of at least 4 members (excludes halogenated alkanes) is 7. The molecule has 0 aliphatic heterocycles. The number of carboxylic acid groups (broad SMARTS) is 1. The Hall–Kier alpha value is -4.70. The van der Waals surface area contributed by atoms with Crippen LogP contribution in [0.2, 0.25) is 0 Å². The third-order valence-corrected chi connectivity index (χ3v) is 7.77. The van der Waals surface area contributed by atoms with Crippen molar-refractivity contribution in [3.05, 3.63) is 102 Å². The van der Waals surface area contributed by atoms with Crippen molar-refractivity contribution in [3.63, 3.8) is 0 Å². The number of nitrogen functional groups attached to an aromatic ring is 2. The lowest BCUT2D eigenvalue weighted by Gasteiger charge is -2.07. The maximum absolute atomic E-state index is 10.9. The Kier molecular flexibility index (Phi) is 13.0. The largest absolute Gasteiger partial charge is 0.477 e. The number of nitrogens with two attached hydrogens (primary N) is 2. The van der Waals surface area contributed by atoms with Crippen molar-refractivity contribution in [3.8, 4) is 0 Å². The lowest BCUT2D eigenvalue weighted by atomic mass is 10.1. The molecule has 0 atom stereocenters. The summed E-state index contributed by atoms with van der Waals surface area (Å²) in [5.74, 6) is -0.299. The lowest BCUT2D eigenvalue weighted by molar-refractivity contribution is 0.0698. The standard InChI is InChI=1S/C20H31N3.C15H15N5O2/c1-2-3-4-5-6-7-8-9-13-22-16-17-10-11-19-18(15-17)12-14-23-20(19)21;16-14-13(15(21)22)8-18-20(14)10-12-4-2-11(3-5-12)9-19-7-1-6-17-19/h10-12,14-15,22H,2-9,13,16H2,1H3,(H2,21,23);1-8H,9-10,16H2,(H,21,22). The second-order valence-electron chi connectivity index (χ2n) is 11.3. The molecule has 3 heterocycles. The van der Waals surface area contributed by atoms with E-state index in [1.165, 1.54) is 73.2 Å². The number of pyridine rings is 1. The highest BCUT2D eigenvalue weighted by Crippen LogP contribution is 2.20. The Morgan fingerprint density at radius 2 is 1.53 bits per heavy atom. The van der Waals surface area contributed by atoms with E-state index in [-0.39, 0.29) is 11.4 Å². The van der Waals surface area contributed by atoms with Crippen LogP contribution in [0.5, 0.6) is 0 Å². The van der Waals surface area contributed by atoms with Gasteiger partial charge in [0.05, 0.1) is 19.3 Å². The Morgan fingerprint density at radius 3 is 2.20 bits per heavy atom. The molecule has 6 N–H and O–H groups in total. The summed E-state index contributed by atoms with van der Waals surface area (Å²) in [5, 5.41) is 22.9. The number of benzene rings is 2. The minimum Gasteiger partial charge on any atom is -0.477 e. The zero-order valence-corrected chi connectivity index (χ0v) is 26.2. The molecule has 0 bridgehead atoms. The van der Waals surface area contributed by atoms with Crippen molar-refractivity contribution in [2.45, 2.75) is 77.9 Å². The van der Waals surface area contributed by atoms with Gasteiger partial charge in [-0.15, -0.1) is 0 Å². The van der Waals surface area contributed by atoms with Crippen LogP contribution in [0.15, 0.2) is 79.4 Å². The summed E-state index contributed by atoms with van der Waals surface area (Å²) < 4.78 is 3.32. The number of hydrogen-bond donors (Lipinski definition) is 4. The van der Waals surface area contributed by atoms with Gasteiger partial charge >= 0.3 is 5.97 Å². The third-order valence-electron chi connectivity index (χ3n) is 7.77. The first-order valence-electron chi connectivity index (χ1n) is 15.9. The molecule has 5 aromatic rings. The molecule has 2 aromatic carbocycles. The molecule has 5 rings (SSSR count). The number of fused-ring (bicyclic) bond motifs is 1. The van der Waals surface area contributed by atoms with Gasteiger partial charge in [0.1, 0.15) is 17.2 Å². The zero-order valence-electron chi connectivity index (χ0n) is 26.2. The Morgan fingerprint density at radius 1 is 0.844 bits per heavy atom. The van der Waals surface area contributed by atoms with E-state index in [2.05, 4.69) is 45.6 Å². The summed E-state index contributed by atoms with van der Waals surface area (Å²) in [6.07, 6.45) is 17.7. The van der Waals surface area contributed by atoms with E-state index in [0.29, 0.717) is 18.9 Å². The summed E-state index contributed by atoms with van der Waals surface area (Å²) in [6.45, 7) is 5.44. The molecular formula is C35H46N8O2. The van der Waals surface area contributed by atoms with Crippen molar-refractivity contribution in [2.24, 2.45) is 0 Å². The summed E-state index contributed by atoms with van der Waals surface area (Å²) in [7, 11) is 0. The summed E-state index contributed by atoms with van der Waals surface area (Å²) in [6, 6.07) is 18.3. The molecule has 0 amide bonds. The molecule has 10 nitrogen and oxygen atoms in total. The molecule has 0 fully saturated rings. The Labute approximate surface area is 265 Å². The second kappa shape index (κ2) is 17.6. The first-order valence-corrected chi connectivity index (χ1v) is 15.9. The third kappa shape index (κ3) is 10.5. The van der Waals surface area contributed by atoms with E-state index in [1.807, 2.05) is 47.3 Å². The summed E-state index contributed by atoms with van der Waals surface area (Å²) in [5.41, 5.74) is 15.1. The Bertz CT molecular complexity index is 1600. The van der Waals surface area contributed by atoms with Crippen molar-refractivity contribution in [1.82, 2.24) is 29.9 Å². The summed E-state index contributed by atoms with van der Waals surface area (Å²) >= 11 is 0. The van der Waals surface area contributed by atoms with Gasteiger partial charge in [0.15, 0.2) is 0 Å². The molecule has 0 saturated carbocycles. The van der Waals surface area contributed by atoms with Gasteiger partial charge in [-0.2, -0.15) is 10.2 Å². The van der Waals surface area contributed by atoms with Crippen LogP contribution < -0.4 is 16.8 Å². The molecule has 0 saturated heterocycles. The van der Waals surface area contributed by atoms with Crippen molar-refractivity contribution in [2.75, 3.05) is 18.0 Å². The van der Waals surface area contributed by atoms with Crippen LogP contribution in [-0.2, 0) is 19.6 Å². The molecule has 3 aromatic heterocycles. The summed E-state index contributed by atoms with van der Waals surface area (Å²) in [4.78, 5) is 15.1. The van der Waals surface area contributed by atoms with Crippen molar-refractivity contribution >= 4 is 28.4 Å². The van der Waals surface area contributed by atoms with E-state index in [1.54, 1.807) is 12.4 Å². The second-order valence-corrected chi connectivity index (χ2v) is 11.3. The fourth-order valence-corrected chi connectivity index (χ4v) is 5.17. The highest BCUT2D eigenvalue weighted by Gasteiger charge is 2.13. The van der Waals surface area contributed by atoms with Crippen molar-refractivity contribution < 1.29 is 9.90 Å². The van der Waals surface area contributed by atoms with E-state index < -0.39 is 5.97 Å². The number of hydrogen-bond acceptors (Lipinski definition) is 7. The van der Waals surface area contributed by atoms with Gasteiger partial charge < -0.3 is 21.9 Å². The van der Waals surface area contributed by atoms with E-state index >= 15 is 0 Å². The van der Waals surface area contributed by atoms with Crippen LogP contribution >= 0.6 is 0 Å². The number of carboxylic acids is 1. The van der Waals surface area contributed by atoms with Crippen LogP contribution in [0.4, 0.5) is 11.6 Å². The smallest absolute Gasteiger partial charge is 0.341 e. The fraction of sp³-hybridized carbons (Fsp3) is 0.371. The number of carbonyl (C=O) groups is 1. The van der Waals surface area contributed by atoms with Gasteiger partial charge in [-0.05, 0) is 53.2 Å². The first-order chi connectivity index (χ1) is 21.9. The van der Waals surface area contributed by atoms with Gasteiger partial charge in [0.2, 0.25) is 0 Å². The van der Waals surface area contributed by atoms with Crippen LogP contribution in [0.1, 0.15) is 85.3 Å². The molecular weight excluding hydrogens is 564 g/mol. The maximum atomic E-state index is 10.9. The highest BCUT2D eigenvalue weighted by molar-refractivity contribution is 5.92. The monoisotopic (exact) mass is 610 g/mol. The first kappa shape index (κ1) is 33.2. The van der Waals surface area contributed by atoms with E-state index in [9.17, 15) is 4.79 Å². The predicted octanol–water partition coefficient (Wildman–Crippen LogP) is 6.50. The number of aromatic carboxylic acids is 1. The molecule has 0 unspecified atom stereocenters. The molecule has 10 heteroatoms. The van der Waals surface area contributed by atoms with Gasteiger partial charge in [0, 0.05) is 30.5 Å². The average Bonchev–Trinajstić information content (AvgIpc) is 3.69. The van der Waals surface area contributed by atoms with E-state index in [4.69, 9.17) is 16.6 Å². The predicted molar refractivity (Wildman–Crippen MR) is 181 cm³/mol. The average molecular weight is 611 g/mol. The topological polar surface area (TPSA) is 150 Å². The molecule has 0 spiro atoms.